The van der Waals surface area contributed by atoms with Crippen LogP contribution in [0.1, 0.15) is 110 Å². The van der Waals surface area contributed by atoms with Crippen LogP contribution in [-0.2, 0) is 10.1 Å². The second-order valence-corrected chi connectivity index (χ2v) is 8.76. The van der Waals surface area contributed by atoms with Crippen LogP contribution in [0.25, 0.3) is 0 Å². The van der Waals surface area contributed by atoms with E-state index in [1.807, 2.05) is 6.92 Å². The Morgan fingerprint density at radius 2 is 1.16 bits per heavy atom. The number of unbranched alkanes of at least 4 members (excludes halogenated alkanes) is 8. The van der Waals surface area contributed by atoms with E-state index in [2.05, 4.69) is 6.92 Å². The summed E-state index contributed by atoms with van der Waals surface area (Å²) in [6.45, 7) is 4.12. The Morgan fingerprint density at radius 1 is 0.720 bits per heavy atom. The molecule has 2 atom stereocenters. The van der Waals surface area contributed by atoms with Gasteiger partial charge in [0.05, 0.1) is 16.2 Å². The van der Waals surface area contributed by atoms with Crippen LogP contribution in [0.15, 0.2) is 0 Å². The summed E-state index contributed by atoms with van der Waals surface area (Å²) in [5.74, 6) is 0. The first-order valence-electron chi connectivity index (χ1n) is 10.0. The van der Waals surface area contributed by atoms with E-state index < -0.39 is 15.4 Å². The van der Waals surface area contributed by atoms with E-state index in [-0.39, 0.29) is 57.5 Å². The molecule has 6 heteroatoms. The number of aliphatic hydroxyl groups excluding tert-OH is 1. The Balaban J connectivity index is 0. The average Bonchev–Trinajstić information content (AvgIpc) is 2.51. The fraction of sp³-hybridized carbons (Fsp3) is 1.00. The van der Waals surface area contributed by atoms with Gasteiger partial charge in [-0.15, -0.1) is 0 Å². The van der Waals surface area contributed by atoms with Crippen LogP contribution in [0.2, 0.25) is 0 Å². The van der Waals surface area contributed by atoms with Crippen LogP contribution in [-0.4, -0.2) is 29.4 Å². The largest absolute Gasteiger partial charge is 1.00 e. The molecular formula is C19H39KO4S. The molecule has 0 amide bonds. The summed E-state index contributed by atoms with van der Waals surface area (Å²) in [5, 5.41) is 9.23. The van der Waals surface area contributed by atoms with Crippen LogP contribution in [0.4, 0.5) is 0 Å². The first kappa shape index (κ1) is 28.7. The molecule has 0 aromatic heterocycles. The standard InChI is InChI=1S/C19H40O4S.K/c1-3-5-6-8-11-15-18(20)16-12-9-7-10-13-17-19(14-4-2)24(21,22)23;/h18-20H,3-17H2,1-2H3,(H,21,22,23);/q;+1/p-1. The monoisotopic (exact) mass is 402 g/mol. The van der Waals surface area contributed by atoms with E-state index in [0.29, 0.717) is 12.8 Å². The van der Waals surface area contributed by atoms with Crippen molar-refractivity contribution in [1.82, 2.24) is 0 Å². The van der Waals surface area contributed by atoms with Crippen molar-refractivity contribution in [2.24, 2.45) is 0 Å². The van der Waals surface area contributed by atoms with Gasteiger partial charge >= 0.3 is 51.4 Å². The molecule has 0 aliphatic heterocycles. The zero-order valence-corrected chi connectivity index (χ0v) is 20.8. The summed E-state index contributed by atoms with van der Waals surface area (Å²) in [5.41, 5.74) is 0. The summed E-state index contributed by atoms with van der Waals surface area (Å²) >= 11 is 0. The van der Waals surface area contributed by atoms with Gasteiger partial charge in [0.1, 0.15) is 0 Å². The Kier molecular flexibility index (Phi) is 21.7. The Morgan fingerprint density at radius 3 is 1.60 bits per heavy atom. The molecule has 0 aliphatic carbocycles. The predicted molar refractivity (Wildman–Crippen MR) is 100 cm³/mol. The molecule has 0 spiro atoms. The van der Waals surface area contributed by atoms with Crippen molar-refractivity contribution in [3.8, 4) is 0 Å². The molecule has 2 unspecified atom stereocenters. The number of hydrogen-bond acceptors (Lipinski definition) is 4. The minimum absolute atomic E-state index is 0. The van der Waals surface area contributed by atoms with Gasteiger partial charge < -0.3 is 9.66 Å². The van der Waals surface area contributed by atoms with Gasteiger partial charge in [0.15, 0.2) is 0 Å². The molecule has 1 N–H and O–H groups in total. The SMILES string of the molecule is CCCCCCCC(O)CCCCCCCC(CCC)S(=O)(=O)[O-].[K+]. The molecular weight excluding hydrogens is 363 g/mol. The van der Waals surface area contributed by atoms with Crippen LogP contribution in [0.5, 0.6) is 0 Å². The molecule has 0 radical (unpaired) electrons. The summed E-state index contributed by atoms with van der Waals surface area (Å²) in [6.07, 6.45) is 14.5. The minimum atomic E-state index is -4.13. The van der Waals surface area contributed by atoms with E-state index in [1.165, 1.54) is 25.7 Å². The van der Waals surface area contributed by atoms with E-state index in [0.717, 1.165) is 57.8 Å². The van der Waals surface area contributed by atoms with Gasteiger partial charge in [-0.2, -0.15) is 0 Å². The van der Waals surface area contributed by atoms with Crippen LogP contribution >= 0.6 is 0 Å². The smallest absolute Gasteiger partial charge is 0.748 e. The van der Waals surface area contributed by atoms with Gasteiger partial charge in [-0.05, 0) is 25.7 Å². The third-order valence-electron chi connectivity index (χ3n) is 4.72. The maximum absolute atomic E-state index is 11.1. The summed E-state index contributed by atoms with van der Waals surface area (Å²) in [7, 11) is -4.13. The number of rotatable bonds is 17. The first-order chi connectivity index (χ1) is 11.4. The molecule has 0 saturated heterocycles. The summed E-state index contributed by atoms with van der Waals surface area (Å²) < 4.78 is 33.4. The van der Waals surface area contributed by atoms with Gasteiger partial charge in [-0.25, -0.2) is 8.42 Å². The zero-order valence-electron chi connectivity index (χ0n) is 16.8. The Labute approximate surface area is 199 Å². The van der Waals surface area contributed by atoms with Crippen molar-refractivity contribution in [1.29, 1.82) is 0 Å². The Bertz CT molecular complexity index is 374. The van der Waals surface area contributed by atoms with Gasteiger partial charge in [0, 0.05) is 5.25 Å². The first-order valence-corrected chi connectivity index (χ1v) is 11.5. The van der Waals surface area contributed by atoms with E-state index in [1.54, 1.807) is 0 Å². The molecule has 0 aromatic rings. The molecule has 4 nitrogen and oxygen atoms in total. The van der Waals surface area contributed by atoms with Gasteiger partial charge in [-0.3, -0.25) is 0 Å². The van der Waals surface area contributed by atoms with Crippen molar-refractivity contribution in [3.05, 3.63) is 0 Å². The molecule has 25 heavy (non-hydrogen) atoms. The van der Waals surface area contributed by atoms with Crippen molar-refractivity contribution >= 4 is 10.1 Å². The van der Waals surface area contributed by atoms with Crippen LogP contribution in [0, 0.1) is 0 Å². The second kappa shape index (κ2) is 18.9. The van der Waals surface area contributed by atoms with Crippen LogP contribution in [0.3, 0.4) is 0 Å². The fourth-order valence-corrected chi connectivity index (χ4v) is 4.14. The molecule has 0 heterocycles. The van der Waals surface area contributed by atoms with Crippen molar-refractivity contribution in [3.63, 3.8) is 0 Å². The molecule has 0 rings (SSSR count). The summed E-state index contributed by atoms with van der Waals surface area (Å²) in [4.78, 5) is 0. The molecule has 0 aromatic carbocycles. The molecule has 0 saturated carbocycles. The van der Waals surface area contributed by atoms with Crippen molar-refractivity contribution in [2.75, 3.05) is 0 Å². The molecule has 0 fully saturated rings. The predicted octanol–water partition coefficient (Wildman–Crippen LogP) is 2.16. The topological polar surface area (TPSA) is 77.4 Å². The van der Waals surface area contributed by atoms with Crippen molar-refractivity contribution in [2.45, 2.75) is 122 Å². The zero-order chi connectivity index (χ0) is 18.3. The Hall–Kier alpha value is 1.51. The van der Waals surface area contributed by atoms with Gasteiger partial charge in [0.2, 0.25) is 0 Å². The molecule has 146 valence electrons. The second-order valence-electron chi connectivity index (χ2n) is 7.11. The maximum atomic E-state index is 11.1. The van der Waals surface area contributed by atoms with Crippen molar-refractivity contribution < 1.29 is 69.5 Å². The quantitative estimate of drug-likeness (QED) is 0.230. The molecule has 0 bridgehead atoms. The minimum Gasteiger partial charge on any atom is -0.748 e. The van der Waals surface area contributed by atoms with E-state index in [9.17, 15) is 18.1 Å². The maximum Gasteiger partial charge on any atom is 1.00 e. The van der Waals surface area contributed by atoms with E-state index in [4.69, 9.17) is 0 Å². The third kappa shape index (κ3) is 18.6. The molecule has 0 aliphatic rings. The van der Waals surface area contributed by atoms with Gasteiger partial charge in [0.25, 0.3) is 0 Å². The number of hydrogen-bond donors (Lipinski definition) is 1. The van der Waals surface area contributed by atoms with E-state index >= 15 is 0 Å². The van der Waals surface area contributed by atoms with Crippen LogP contribution < -0.4 is 51.4 Å². The summed E-state index contributed by atoms with van der Waals surface area (Å²) in [6, 6.07) is 0. The fourth-order valence-electron chi connectivity index (χ4n) is 3.17. The number of aliphatic hydroxyl groups is 1. The third-order valence-corrected chi connectivity index (χ3v) is 6.01. The normalized spacial score (nSPS) is 14.1. The van der Waals surface area contributed by atoms with Gasteiger partial charge in [-0.1, -0.05) is 84.5 Å². The average molecular weight is 403 g/mol.